The summed E-state index contributed by atoms with van der Waals surface area (Å²) in [6, 6.07) is 2.42. The Labute approximate surface area is 236 Å². The van der Waals surface area contributed by atoms with Gasteiger partial charge in [0.1, 0.15) is 11.9 Å². The highest BCUT2D eigenvalue weighted by Crippen LogP contribution is 2.42. The molecule has 2 aromatic heterocycles. The van der Waals surface area contributed by atoms with Gasteiger partial charge < -0.3 is 25.0 Å². The van der Waals surface area contributed by atoms with E-state index in [1.54, 1.807) is 0 Å². The maximum Gasteiger partial charge on any atom is 0.351 e. The molecule has 41 heavy (non-hydrogen) atoms. The highest BCUT2D eigenvalue weighted by Gasteiger charge is 2.59. The molecule has 1 saturated heterocycles. The molecule has 0 aromatic carbocycles. The van der Waals surface area contributed by atoms with Gasteiger partial charge in [0.2, 0.25) is 6.23 Å². The lowest BCUT2D eigenvalue weighted by Crippen LogP contribution is -2.41. The van der Waals surface area contributed by atoms with E-state index in [0.29, 0.717) is 11.0 Å². The minimum Gasteiger partial charge on any atom is -0.462 e. The van der Waals surface area contributed by atoms with Gasteiger partial charge in [0.15, 0.2) is 6.10 Å². The summed E-state index contributed by atoms with van der Waals surface area (Å²) < 4.78 is 39.5. The summed E-state index contributed by atoms with van der Waals surface area (Å²) in [5.74, 6) is -5.66. The molecule has 0 bridgehead atoms. The number of carbonyl (C=O) groups is 2. The number of aromatic nitrogens is 3. The molecule has 1 aliphatic heterocycles. The topological polar surface area (TPSA) is 153 Å². The van der Waals surface area contributed by atoms with Gasteiger partial charge in [-0.3, -0.25) is 14.3 Å². The van der Waals surface area contributed by atoms with Gasteiger partial charge in [0.25, 0.3) is 5.91 Å². The molecule has 1 fully saturated rings. The molecule has 3 rings (SSSR count). The molecule has 0 unspecified atom stereocenters. The number of nitrogens with zero attached hydrogens (tertiary/aromatic N) is 3. The average Bonchev–Trinajstić information content (AvgIpc) is 3.19. The van der Waals surface area contributed by atoms with E-state index in [-0.39, 0.29) is 23.6 Å². The predicted molar refractivity (Wildman–Crippen MR) is 145 cm³/mol. The summed E-state index contributed by atoms with van der Waals surface area (Å²) in [5.41, 5.74) is -1.34. The van der Waals surface area contributed by atoms with Gasteiger partial charge >= 0.3 is 17.6 Å². The van der Waals surface area contributed by atoms with E-state index < -0.39 is 48.5 Å². The van der Waals surface area contributed by atoms with E-state index >= 15 is 0 Å². The summed E-state index contributed by atoms with van der Waals surface area (Å²) in [6.07, 6.45) is 8.69. The number of aliphatic hydroxyl groups is 2. The van der Waals surface area contributed by atoms with Crippen LogP contribution < -0.4 is 11.0 Å². The van der Waals surface area contributed by atoms with Crippen molar-refractivity contribution in [2.75, 3.05) is 18.5 Å². The van der Waals surface area contributed by atoms with Crippen molar-refractivity contribution < 1.29 is 38.1 Å². The van der Waals surface area contributed by atoms with Crippen LogP contribution in [0.15, 0.2) is 35.5 Å². The number of hydrogen-bond acceptors (Lipinski definition) is 9. The molecule has 226 valence electrons. The van der Waals surface area contributed by atoms with Gasteiger partial charge in [-0.15, -0.1) is 0 Å². The van der Waals surface area contributed by atoms with Crippen molar-refractivity contribution >= 4 is 17.7 Å². The number of hydrogen-bond donors (Lipinski definition) is 3. The summed E-state index contributed by atoms with van der Waals surface area (Å²) >= 11 is 0. The van der Waals surface area contributed by atoms with Crippen LogP contribution >= 0.6 is 0 Å². The van der Waals surface area contributed by atoms with Crippen molar-refractivity contribution in [2.45, 2.75) is 95.5 Å². The van der Waals surface area contributed by atoms with Gasteiger partial charge in [-0.1, -0.05) is 64.7 Å². The Balaban J connectivity index is 1.52. The number of nitrogens with one attached hydrogen (secondary N) is 1. The lowest BCUT2D eigenvalue weighted by atomic mass is 10.1. The third-order valence-corrected chi connectivity index (χ3v) is 6.90. The molecule has 13 heteroatoms. The molecule has 3 heterocycles. The van der Waals surface area contributed by atoms with Gasteiger partial charge in [-0.05, 0) is 18.6 Å². The molecule has 0 aliphatic carbocycles. The number of carbonyl (C=O) groups excluding carboxylic acids is 2. The molecule has 1 amide bonds. The second kappa shape index (κ2) is 15.6. The first kappa shape index (κ1) is 32.2. The van der Waals surface area contributed by atoms with Crippen LogP contribution in [0, 0.1) is 0 Å². The number of ether oxygens (including phenoxy) is 2. The number of halogens is 2. The minimum atomic E-state index is -3.87. The molecule has 0 radical (unpaired) electrons. The van der Waals surface area contributed by atoms with E-state index in [9.17, 15) is 28.3 Å². The molecule has 1 aliphatic rings. The van der Waals surface area contributed by atoms with E-state index in [4.69, 9.17) is 14.6 Å². The first-order valence-corrected chi connectivity index (χ1v) is 14.0. The SMILES string of the molecule is CCCCCCCCCCCCOC(=O)c1ccncc1C(=O)Nc1ccn([C@@H]2O[C@H](CO)[C@@H](O)C2(F)F)c(=O)n1. The molecular weight excluding hydrogens is 542 g/mol. The van der Waals surface area contributed by atoms with Gasteiger partial charge in [-0.25, -0.2) is 9.59 Å². The molecule has 2 aromatic rings. The number of esters is 1. The van der Waals surface area contributed by atoms with Gasteiger partial charge in [0, 0.05) is 18.6 Å². The van der Waals surface area contributed by atoms with Crippen molar-refractivity contribution in [1.29, 1.82) is 0 Å². The Kier molecular flexibility index (Phi) is 12.3. The molecular formula is C28H38F2N4O7. The largest absolute Gasteiger partial charge is 0.462 e. The Hall–Kier alpha value is -3.29. The molecule has 3 N–H and O–H groups in total. The zero-order valence-corrected chi connectivity index (χ0v) is 23.1. The first-order chi connectivity index (χ1) is 19.7. The smallest absolute Gasteiger partial charge is 0.351 e. The van der Waals surface area contributed by atoms with Crippen LogP contribution in [0.1, 0.15) is 98.1 Å². The van der Waals surface area contributed by atoms with Crippen molar-refractivity contribution in [1.82, 2.24) is 14.5 Å². The van der Waals surface area contributed by atoms with Crippen molar-refractivity contribution in [2.24, 2.45) is 0 Å². The standard InChI is InChI=1S/C28H38F2N4O7/c1-2-3-4-5-6-7-8-9-10-11-16-40-25(38)19-12-14-31-17-20(19)24(37)32-22-13-15-34(27(39)33-22)26-28(29,30)23(36)21(18-35)41-26/h12-15,17,21,23,26,35-36H,2-11,16,18H2,1H3,(H,32,33,37,39)/t21-,23-,26-/m1/s1. The second-order valence-corrected chi connectivity index (χ2v) is 10.0. The fraction of sp³-hybridized carbons (Fsp3) is 0.607. The Bertz CT molecular complexity index is 1210. The number of amides is 1. The fourth-order valence-corrected chi connectivity index (χ4v) is 4.55. The Morgan fingerprint density at radius 2 is 1.73 bits per heavy atom. The minimum absolute atomic E-state index is 0.0269. The first-order valence-electron chi connectivity index (χ1n) is 14.0. The number of anilines is 1. The zero-order valence-electron chi connectivity index (χ0n) is 23.1. The third-order valence-electron chi connectivity index (χ3n) is 6.90. The van der Waals surface area contributed by atoms with E-state index in [2.05, 4.69) is 22.2 Å². The number of alkyl halides is 2. The summed E-state index contributed by atoms with van der Waals surface area (Å²) in [7, 11) is 0. The van der Waals surface area contributed by atoms with E-state index in [1.165, 1.54) is 50.8 Å². The predicted octanol–water partition coefficient (Wildman–Crippen LogP) is 3.85. The van der Waals surface area contributed by atoms with E-state index in [0.717, 1.165) is 37.7 Å². The maximum atomic E-state index is 14.4. The molecule has 0 spiro atoms. The molecule has 3 atom stereocenters. The molecule has 0 saturated carbocycles. The third kappa shape index (κ3) is 8.60. The number of aliphatic hydroxyl groups excluding tert-OH is 2. The summed E-state index contributed by atoms with van der Waals surface area (Å²) in [4.78, 5) is 45.4. The quantitative estimate of drug-likeness (QED) is 0.198. The normalized spacial score (nSPS) is 19.7. The van der Waals surface area contributed by atoms with Crippen LogP contribution in [-0.2, 0) is 9.47 Å². The fourth-order valence-electron chi connectivity index (χ4n) is 4.55. The van der Waals surface area contributed by atoms with Crippen LogP contribution in [0.5, 0.6) is 0 Å². The Morgan fingerprint density at radius 1 is 1.07 bits per heavy atom. The highest BCUT2D eigenvalue weighted by atomic mass is 19.3. The van der Waals surface area contributed by atoms with Crippen molar-refractivity contribution in [3.63, 3.8) is 0 Å². The summed E-state index contributed by atoms with van der Waals surface area (Å²) in [5, 5.41) is 21.2. The monoisotopic (exact) mass is 580 g/mol. The van der Waals surface area contributed by atoms with Crippen LogP contribution in [-0.4, -0.2) is 68.0 Å². The van der Waals surface area contributed by atoms with Crippen molar-refractivity contribution in [3.05, 3.63) is 52.3 Å². The van der Waals surface area contributed by atoms with Crippen LogP contribution in [0.25, 0.3) is 0 Å². The highest BCUT2D eigenvalue weighted by molar-refractivity contribution is 6.10. The molecule has 11 nitrogen and oxygen atoms in total. The lowest BCUT2D eigenvalue weighted by Gasteiger charge is -2.21. The maximum absolute atomic E-state index is 14.4. The van der Waals surface area contributed by atoms with Crippen molar-refractivity contribution in [3.8, 4) is 0 Å². The zero-order chi connectivity index (χ0) is 29.8. The van der Waals surface area contributed by atoms with Gasteiger partial charge in [0.05, 0.1) is 24.3 Å². The lowest BCUT2D eigenvalue weighted by molar-refractivity contribution is -0.140. The number of rotatable bonds is 16. The number of pyridine rings is 1. The average molecular weight is 581 g/mol. The van der Waals surface area contributed by atoms with Gasteiger partial charge in [-0.2, -0.15) is 13.8 Å². The van der Waals surface area contributed by atoms with Crippen LogP contribution in [0.4, 0.5) is 14.6 Å². The van der Waals surface area contributed by atoms with Crippen LogP contribution in [0.2, 0.25) is 0 Å². The Morgan fingerprint density at radius 3 is 2.34 bits per heavy atom. The number of unbranched alkanes of at least 4 members (excludes halogenated alkanes) is 9. The van der Waals surface area contributed by atoms with E-state index in [1.807, 2.05) is 0 Å². The van der Waals surface area contributed by atoms with Crippen LogP contribution in [0.3, 0.4) is 0 Å². The summed E-state index contributed by atoms with van der Waals surface area (Å²) in [6.45, 7) is 1.53. The second-order valence-electron chi connectivity index (χ2n) is 10.0.